The molecule has 1 aromatic carbocycles. The summed E-state index contributed by atoms with van der Waals surface area (Å²) >= 11 is 1.48. The van der Waals surface area contributed by atoms with Crippen LogP contribution in [-0.4, -0.2) is 36.2 Å². The van der Waals surface area contributed by atoms with Crippen molar-refractivity contribution in [2.24, 2.45) is 11.1 Å². The lowest BCUT2D eigenvalue weighted by atomic mass is 9.59. The number of nitrogens with zero attached hydrogens (tertiary/aromatic N) is 2. The highest BCUT2D eigenvalue weighted by atomic mass is 32.1. The topological polar surface area (TPSA) is 68.5 Å². The molecule has 1 aliphatic carbocycles. The Labute approximate surface area is 155 Å². The predicted octanol–water partition coefficient (Wildman–Crippen LogP) is 3.46. The quantitative estimate of drug-likeness (QED) is 0.814. The molecule has 138 valence electrons. The summed E-state index contributed by atoms with van der Waals surface area (Å²) in [4.78, 5) is 18.8. The van der Waals surface area contributed by atoms with Gasteiger partial charge in [0.2, 0.25) is 0 Å². The molecule has 1 saturated carbocycles. The molecule has 0 amide bonds. The Morgan fingerprint density at radius 3 is 2.62 bits per heavy atom. The van der Waals surface area contributed by atoms with E-state index in [0.29, 0.717) is 33.8 Å². The van der Waals surface area contributed by atoms with Crippen LogP contribution in [0.4, 0.5) is 9.52 Å². The smallest absolute Gasteiger partial charge is 0.338 e. The second-order valence-corrected chi connectivity index (χ2v) is 9.17. The molecular formula is C19H22FN3O2S. The molecule has 1 spiro atoms. The summed E-state index contributed by atoms with van der Waals surface area (Å²) in [6.45, 7) is 0. The van der Waals surface area contributed by atoms with Crippen LogP contribution in [-0.2, 0) is 4.74 Å². The molecule has 5 nitrogen and oxygen atoms in total. The monoisotopic (exact) mass is 375 g/mol. The number of aromatic nitrogens is 1. The number of ether oxygens (including phenoxy) is 1. The van der Waals surface area contributed by atoms with Crippen molar-refractivity contribution >= 4 is 32.7 Å². The van der Waals surface area contributed by atoms with Crippen molar-refractivity contribution in [2.45, 2.75) is 56.7 Å². The summed E-state index contributed by atoms with van der Waals surface area (Å²) < 4.78 is 19.9. The van der Waals surface area contributed by atoms with Gasteiger partial charge in [0, 0.05) is 18.1 Å². The highest BCUT2D eigenvalue weighted by Crippen LogP contribution is 2.56. The van der Waals surface area contributed by atoms with Gasteiger partial charge in [-0.05, 0) is 56.1 Å². The molecule has 0 radical (unpaired) electrons. The first-order chi connectivity index (χ1) is 12.5. The Bertz CT molecular complexity index is 876. The molecule has 2 N–H and O–H groups in total. The molecular weight excluding hydrogens is 353 g/mol. The number of piperidine rings is 1. The van der Waals surface area contributed by atoms with Crippen molar-refractivity contribution in [1.82, 2.24) is 4.98 Å². The number of nitrogens with two attached hydrogens (primary N) is 1. The maximum absolute atomic E-state index is 14.5. The molecule has 0 unspecified atom stereocenters. The summed E-state index contributed by atoms with van der Waals surface area (Å²) in [5, 5.41) is 0.881. The second kappa shape index (κ2) is 5.63. The number of anilines is 1. The molecule has 3 aliphatic rings. The van der Waals surface area contributed by atoms with Gasteiger partial charge in [0.25, 0.3) is 0 Å². The summed E-state index contributed by atoms with van der Waals surface area (Å²) in [5.41, 5.74) is 7.07. The van der Waals surface area contributed by atoms with Gasteiger partial charge in [0.1, 0.15) is 5.52 Å². The first-order valence-electron chi connectivity index (χ1n) is 9.20. The highest BCUT2D eigenvalue weighted by molar-refractivity contribution is 7.22. The number of methoxy groups -OCH3 is 1. The van der Waals surface area contributed by atoms with Gasteiger partial charge in [-0.1, -0.05) is 11.3 Å². The molecule has 3 fully saturated rings. The van der Waals surface area contributed by atoms with Gasteiger partial charge >= 0.3 is 5.97 Å². The number of esters is 1. The van der Waals surface area contributed by atoms with Gasteiger partial charge in [0.15, 0.2) is 10.9 Å². The van der Waals surface area contributed by atoms with Gasteiger partial charge in [-0.25, -0.2) is 14.2 Å². The molecule has 2 atom stereocenters. The van der Waals surface area contributed by atoms with E-state index in [9.17, 15) is 9.18 Å². The van der Waals surface area contributed by atoms with Gasteiger partial charge in [-0.3, -0.25) is 0 Å². The van der Waals surface area contributed by atoms with Gasteiger partial charge in [-0.15, -0.1) is 0 Å². The molecule has 2 aromatic rings. The third kappa shape index (κ3) is 2.36. The van der Waals surface area contributed by atoms with Crippen LogP contribution < -0.4 is 10.6 Å². The number of fused-ring (bicyclic) bond motifs is 3. The zero-order valence-corrected chi connectivity index (χ0v) is 15.5. The summed E-state index contributed by atoms with van der Waals surface area (Å²) in [5.74, 6) is -0.988. The van der Waals surface area contributed by atoms with Crippen LogP contribution in [0, 0.1) is 11.2 Å². The standard InChI is InChI=1S/C19H22FN3O2S/c1-25-17(24)10-4-14(20)16-15(5-10)26-18(22-16)23-12-2-3-13(23)9-19(8-12)6-11(21)7-19/h4-5,11-13H,2-3,6-9,21H2,1H3/t11?,12-,13+,19?. The van der Waals surface area contributed by atoms with Crippen molar-refractivity contribution in [3.8, 4) is 0 Å². The lowest BCUT2D eigenvalue weighted by Gasteiger charge is -2.54. The fourth-order valence-corrected chi connectivity index (χ4v) is 6.63. The average Bonchev–Trinajstić information content (AvgIpc) is 3.12. The molecule has 7 heteroatoms. The van der Waals surface area contributed by atoms with Gasteiger partial charge in [-0.2, -0.15) is 0 Å². The zero-order valence-electron chi connectivity index (χ0n) is 14.7. The van der Waals surface area contributed by atoms with Crippen LogP contribution in [0.1, 0.15) is 48.9 Å². The molecule has 26 heavy (non-hydrogen) atoms. The van der Waals surface area contributed by atoms with Crippen LogP contribution >= 0.6 is 11.3 Å². The number of rotatable bonds is 2. The van der Waals surface area contributed by atoms with Crippen LogP contribution in [0.5, 0.6) is 0 Å². The number of carbonyl (C=O) groups excluding carboxylic acids is 1. The van der Waals surface area contributed by atoms with E-state index in [0.717, 1.165) is 18.0 Å². The van der Waals surface area contributed by atoms with Crippen molar-refractivity contribution in [3.63, 3.8) is 0 Å². The van der Waals surface area contributed by atoms with E-state index >= 15 is 0 Å². The lowest BCUT2D eigenvalue weighted by molar-refractivity contribution is 0.0518. The number of halogens is 1. The number of hydrogen-bond acceptors (Lipinski definition) is 6. The fourth-order valence-electron chi connectivity index (χ4n) is 5.47. The van der Waals surface area contributed by atoms with Crippen LogP contribution in [0.15, 0.2) is 12.1 Å². The Balaban J connectivity index is 1.48. The Morgan fingerprint density at radius 2 is 2.00 bits per heavy atom. The van der Waals surface area contributed by atoms with E-state index in [1.54, 1.807) is 6.07 Å². The average molecular weight is 375 g/mol. The molecule has 2 bridgehead atoms. The Kier molecular flexibility index (Phi) is 3.56. The Hall–Kier alpha value is -1.73. The van der Waals surface area contributed by atoms with Crippen molar-refractivity contribution in [2.75, 3.05) is 12.0 Å². The van der Waals surface area contributed by atoms with E-state index in [1.165, 1.54) is 50.2 Å². The minimum absolute atomic E-state index is 0.233. The Morgan fingerprint density at radius 1 is 1.31 bits per heavy atom. The van der Waals surface area contributed by atoms with E-state index in [4.69, 9.17) is 10.5 Å². The normalized spacial score (nSPS) is 32.9. The third-order valence-electron chi connectivity index (χ3n) is 6.43. The van der Waals surface area contributed by atoms with Gasteiger partial charge in [0.05, 0.1) is 17.4 Å². The zero-order chi connectivity index (χ0) is 18.1. The molecule has 2 aliphatic heterocycles. The van der Waals surface area contributed by atoms with E-state index < -0.39 is 11.8 Å². The maximum atomic E-state index is 14.5. The summed E-state index contributed by atoms with van der Waals surface area (Å²) in [6.07, 6.45) is 6.97. The molecule has 5 rings (SSSR count). The molecule has 2 saturated heterocycles. The van der Waals surface area contributed by atoms with Crippen molar-refractivity contribution < 1.29 is 13.9 Å². The molecule has 3 heterocycles. The number of thiazole rings is 1. The van der Waals surface area contributed by atoms with E-state index in [1.807, 2.05) is 0 Å². The minimum Gasteiger partial charge on any atom is -0.465 e. The molecule has 1 aromatic heterocycles. The second-order valence-electron chi connectivity index (χ2n) is 8.16. The van der Waals surface area contributed by atoms with Gasteiger partial charge < -0.3 is 15.4 Å². The maximum Gasteiger partial charge on any atom is 0.338 e. The van der Waals surface area contributed by atoms with Crippen LogP contribution in [0.3, 0.4) is 0 Å². The highest BCUT2D eigenvalue weighted by Gasteiger charge is 2.53. The summed E-state index contributed by atoms with van der Waals surface area (Å²) in [6, 6.07) is 4.22. The minimum atomic E-state index is -0.526. The third-order valence-corrected chi connectivity index (χ3v) is 7.44. The largest absolute Gasteiger partial charge is 0.465 e. The van der Waals surface area contributed by atoms with Crippen molar-refractivity contribution in [1.29, 1.82) is 0 Å². The lowest BCUT2D eigenvalue weighted by Crippen LogP contribution is -2.56. The predicted molar refractivity (Wildman–Crippen MR) is 99.1 cm³/mol. The summed E-state index contributed by atoms with van der Waals surface area (Å²) in [7, 11) is 1.30. The number of hydrogen-bond donors (Lipinski definition) is 1. The first kappa shape index (κ1) is 16.4. The van der Waals surface area contributed by atoms with E-state index in [2.05, 4.69) is 9.88 Å². The fraction of sp³-hybridized carbons (Fsp3) is 0.579. The van der Waals surface area contributed by atoms with Crippen LogP contribution in [0.25, 0.3) is 10.2 Å². The number of carbonyl (C=O) groups is 1. The SMILES string of the molecule is COC(=O)c1cc(F)c2nc(N3[C@@H]4CC[C@H]3CC3(CC(N)C3)C4)sc2c1. The first-order valence-corrected chi connectivity index (χ1v) is 10.0. The number of benzene rings is 1. The van der Waals surface area contributed by atoms with Crippen molar-refractivity contribution in [3.05, 3.63) is 23.5 Å². The van der Waals surface area contributed by atoms with E-state index in [-0.39, 0.29) is 5.56 Å². The van der Waals surface area contributed by atoms with Crippen LogP contribution in [0.2, 0.25) is 0 Å².